The predicted octanol–water partition coefficient (Wildman–Crippen LogP) is 3.95. The molecule has 4 rings (SSSR count). The van der Waals surface area contributed by atoms with Crippen LogP contribution in [-0.2, 0) is 11.3 Å². The van der Waals surface area contributed by atoms with Crippen LogP contribution in [0.4, 0.5) is 4.39 Å². The Morgan fingerprint density at radius 2 is 1.84 bits per heavy atom. The van der Waals surface area contributed by atoms with Crippen LogP contribution < -0.4 is 15.4 Å². The van der Waals surface area contributed by atoms with E-state index in [-0.39, 0.29) is 23.8 Å². The Morgan fingerprint density at radius 1 is 1.12 bits per heavy atom. The van der Waals surface area contributed by atoms with Crippen LogP contribution in [0, 0.1) is 12.7 Å². The highest BCUT2D eigenvalue weighted by molar-refractivity contribution is 6.32. The van der Waals surface area contributed by atoms with Crippen molar-refractivity contribution >= 4 is 23.4 Å². The Bertz CT molecular complexity index is 1170. The first kappa shape index (κ1) is 21.7. The lowest BCUT2D eigenvalue weighted by atomic mass is 10.1. The van der Waals surface area contributed by atoms with Crippen LogP contribution in [-0.4, -0.2) is 27.3 Å². The molecule has 0 bridgehead atoms. The quantitative estimate of drug-likeness (QED) is 0.564. The van der Waals surface area contributed by atoms with Gasteiger partial charge in [-0.05, 0) is 55.2 Å². The molecule has 0 radical (unpaired) electrons. The number of nitrogens with one attached hydrogen (secondary N) is 2. The fourth-order valence-corrected chi connectivity index (χ4v) is 3.41. The van der Waals surface area contributed by atoms with Gasteiger partial charge >= 0.3 is 0 Å². The van der Waals surface area contributed by atoms with Gasteiger partial charge in [-0.15, -0.1) is 0 Å². The molecule has 1 aliphatic rings. The third-order valence-electron chi connectivity index (χ3n) is 5.12. The summed E-state index contributed by atoms with van der Waals surface area (Å²) in [5.74, 6) is -0.934. The van der Waals surface area contributed by atoms with Crippen molar-refractivity contribution in [2.75, 3.05) is 0 Å². The van der Waals surface area contributed by atoms with Crippen LogP contribution in [0.15, 0.2) is 55.1 Å². The maximum absolute atomic E-state index is 14.5. The lowest BCUT2D eigenvalue weighted by molar-refractivity contribution is -0.124. The zero-order chi connectivity index (χ0) is 22.7. The summed E-state index contributed by atoms with van der Waals surface area (Å²) in [5, 5.41) is 5.88. The molecule has 0 saturated heterocycles. The van der Waals surface area contributed by atoms with Crippen molar-refractivity contribution in [3.63, 3.8) is 0 Å². The minimum Gasteiger partial charge on any atom is -0.453 e. The molecule has 2 amide bonds. The molecule has 0 spiro atoms. The van der Waals surface area contributed by atoms with Gasteiger partial charge in [-0.1, -0.05) is 23.7 Å². The van der Waals surface area contributed by atoms with Crippen molar-refractivity contribution in [3.8, 4) is 11.5 Å². The second-order valence-electron chi connectivity index (χ2n) is 7.65. The van der Waals surface area contributed by atoms with Crippen LogP contribution in [0.1, 0.15) is 34.3 Å². The predicted molar refractivity (Wildman–Crippen MR) is 116 cm³/mol. The van der Waals surface area contributed by atoms with Gasteiger partial charge in [-0.25, -0.2) is 14.4 Å². The Hall–Kier alpha value is -3.52. The Kier molecular flexibility index (Phi) is 6.05. The largest absolute Gasteiger partial charge is 0.453 e. The molecule has 9 heteroatoms. The summed E-state index contributed by atoms with van der Waals surface area (Å²) in [7, 11) is 0. The van der Waals surface area contributed by atoms with Gasteiger partial charge in [0.05, 0.1) is 10.6 Å². The summed E-state index contributed by atoms with van der Waals surface area (Å²) in [6.07, 6.45) is 5.13. The van der Waals surface area contributed by atoms with Gasteiger partial charge in [0.15, 0.2) is 11.6 Å². The molecular weight excluding hydrogens is 435 g/mol. The molecule has 1 heterocycles. The molecule has 1 fully saturated rings. The molecule has 0 atom stereocenters. The number of amides is 2. The number of ether oxygens (including phenoxy) is 1. The monoisotopic (exact) mass is 454 g/mol. The number of carbonyl (C=O) groups excluding carboxylic acids is 2. The number of aromatic nitrogens is 2. The molecule has 1 aromatic heterocycles. The zero-order valence-electron chi connectivity index (χ0n) is 17.2. The van der Waals surface area contributed by atoms with E-state index in [0.29, 0.717) is 29.2 Å². The number of rotatable bonds is 7. The highest BCUT2D eigenvalue weighted by atomic mass is 35.5. The molecule has 3 aromatic rings. The van der Waals surface area contributed by atoms with Crippen molar-refractivity contribution in [3.05, 3.63) is 82.6 Å². The third-order valence-corrected chi connectivity index (χ3v) is 5.41. The highest BCUT2D eigenvalue weighted by Crippen LogP contribution is 2.36. The highest BCUT2D eigenvalue weighted by Gasteiger charge is 2.51. The van der Waals surface area contributed by atoms with Crippen LogP contribution in [0.5, 0.6) is 11.5 Å². The van der Waals surface area contributed by atoms with Gasteiger partial charge in [0.25, 0.3) is 5.91 Å². The molecule has 0 aliphatic heterocycles. The number of benzene rings is 2. The Labute approximate surface area is 189 Å². The van der Waals surface area contributed by atoms with Gasteiger partial charge in [0.1, 0.15) is 17.6 Å². The van der Waals surface area contributed by atoms with Crippen molar-refractivity contribution < 1.29 is 18.7 Å². The van der Waals surface area contributed by atoms with Gasteiger partial charge in [0, 0.05) is 18.9 Å². The molecule has 2 N–H and O–H groups in total. The van der Waals surface area contributed by atoms with Crippen molar-refractivity contribution in [1.82, 2.24) is 20.6 Å². The molecule has 0 unspecified atom stereocenters. The van der Waals surface area contributed by atoms with E-state index in [0.717, 1.165) is 5.56 Å². The second kappa shape index (κ2) is 8.92. The first-order valence-corrected chi connectivity index (χ1v) is 10.3. The van der Waals surface area contributed by atoms with E-state index >= 15 is 0 Å². The van der Waals surface area contributed by atoms with Gasteiger partial charge in [-0.2, -0.15) is 0 Å². The summed E-state index contributed by atoms with van der Waals surface area (Å²) >= 11 is 6.14. The smallest absolute Gasteiger partial charge is 0.255 e. The number of aryl methyl sites for hydroxylation is 1. The number of nitrogens with zero attached hydrogens (tertiary/aromatic N) is 2. The van der Waals surface area contributed by atoms with Gasteiger partial charge < -0.3 is 15.4 Å². The topological polar surface area (TPSA) is 93.2 Å². The summed E-state index contributed by atoms with van der Waals surface area (Å²) in [6, 6.07) is 9.65. The minimum absolute atomic E-state index is 0.0295. The maximum atomic E-state index is 14.5. The number of halogens is 2. The second-order valence-corrected chi connectivity index (χ2v) is 8.05. The van der Waals surface area contributed by atoms with E-state index in [1.807, 2.05) is 13.0 Å². The molecule has 1 aliphatic carbocycles. The van der Waals surface area contributed by atoms with Crippen LogP contribution >= 0.6 is 11.6 Å². The van der Waals surface area contributed by atoms with Crippen LogP contribution in [0.2, 0.25) is 5.02 Å². The van der Waals surface area contributed by atoms with Crippen LogP contribution in [0.25, 0.3) is 0 Å². The summed E-state index contributed by atoms with van der Waals surface area (Å²) in [5.41, 5.74) is 0.835. The standard InChI is InChI=1S/C23H20ClFN4O3/c1-14-2-4-19(17(24)8-14)32-20-5-3-15(9-18(20)25)10-28-22(31)23(6-7-23)29-21(30)16-11-26-13-27-12-16/h2-5,8-9,11-13H,6-7,10H2,1H3,(H,28,31)(H,29,30). The van der Waals surface area contributed by atoms with Crippen molar-refractivity contribution in [2.24, 2.45) is 0 Å². The fourth-order valence-electron chi connectivity index (χ4n) is 3.14. The van der Waals surface area contributed by atoms with E-state index in [1.165, 1.54) is 30.9 Å². The van der Waals surface area contributed by atoms with E-state index in [9.17, 15) is 14.0 Å². The van der Waals surface area contributed by atoms with Crippen molar-refractivity contribution in [1.29, 1.82) is 0 Å². The normalized spacial score (nSPS) is 13.8. The molecule has 164 valence electrons. The third kappa shape index (κ3) is 4.86. The van der Waals surface area contributed by atoms with Crippen LogP contribution in [0.3, 0.4) is 0 Å². The average Bonchev–Trinajstić information content (AvgIpc) is 3.56. The minimum atomic E-state index is -0.962. The summed E-state index contributed by atoms with van der Waals surface area (Å²) in [4.78, 5) is 32.5. The molecule has 32 heavy (non-hydrogen) atoms. The molecular formula is C23H20ClFN4O3. The summed E-state index contributed by atoms with van der Waals surface area (Å²) in [6.45, 7) is 2.00. The zero-order valence-corrected chi connectivity index (χ0v) is 17.9. The van der Waals surface area contributed by atoms with E-state index in [4.69, 9.17) is 16.3 Å². The SMILES string of the molecule is Cc1ccc(Oc2ccc(CNC(=O)C3(NC(=O)c4cncnc4)CC3)cc2F)c(Cl)c1. The van der Waals surface area contributed by atoms with Gasteiger partial charge in [-0.3, -0.25) is 9.59 Å². The fraction of sp³-hybridized carbons (Fsp3) is 0.217. The number of hydrogen-bond acceptors (Lipinski definition) is 5. The Balaban J connectivity index is 1.36. The maximum Gasteiger partial charge on any atom is 0.255 e. The van der Waals surface area contributed by atoms with E-state index in [2.05, 4.69) is 20.6 Å². The number of carbonyl (C=O) groups is 2. The van der Waals surface area contributed by atoms with E-state index < -0.39 is 17.3 Å². The lowest BCUT2D eigenvalue weighted by Gasteiger charge is -2.17. The molecule has 2 aromatic carbocycles. The number of hydrogen-bond donors (Lipinski definition) is 2. The first-order valence-electron chi connectivity index (χ1n) is 9.94. The van der Waals surface area contributed by atoms with Crippen molar-refractivity contribution in [2.45, 2.75) is 31.8 Å². The average molecular weight is 455 g/mol. The first-order chi connectivity index (χ1) is 15.4. The molecule has 7 nitrogen and oxygen atoms in total. The Morgan fingerprint density at radius 3 is 2.50 bits per heavy atom. The van der Waals surface area contributed by atoms with Gasteiger partial charge in [0.2, 0.25) is 5.91 Å². The summed E-state index contributed by atoms with van der Waals surface area (Å²) < 4.78 is 20.1. The van der Waals surface area contributed by atoms with E-state index in [1.54, 1.807) is 18.2 Å². The molecule has 1 saturated carbocycles. The lowest BCUT2D eigenvalue weighted by Crippen LogP contribution is -2.48.